The van der Waals surface area contributed by atoms with Crippen molar-refractivity contribution in [2.45, 2.75) is 51.6 Å². The average molecular weight is 474 g/mol. The van der Waals surface area contributed by atoms with E-state index < -0.39 is 0 Å². The fourth-order valence-corrected chi connectivity index (χ4v) is 5.74. The molecule has 3 heterocycles. The lowest BCUT2D eigenvalue weighted by Crippen LogP contribution is -2.50. The van der Waals surface area contributed by atoms with Gasteiger partial charge in [-0.2, -0.15) is 0 Å². The molecule has 1 atom stereocenters. The topological polar surface area (TPSA) is 37.5 Å². The van der Waals surface area contributed by atoms with Crippen LogP contribution in [0.25, 0.3) is 22.2 Å². The average Bonchev–Trinajstić information content (AvgIpc) is 3.36. The lowest BCUT2D eigenvalue weighted by atomic mass is 10.0. The van der Waals surface area contributed by atoms with Crippen molar-refractivity contribution in [3.8, 4) is 11.3 Å². The molecule has 1 aromatic heterocycles. The summed E-state index contributed by atoms with van der Waals surface area (Å²) >= 11 is 0. The predicted molar refractivity (Wildman–Crippen MR) is 149 cm³/mol. The number of fused-ring (bicyclic) bond motifs is 1. The van der Waals surface area contributed by atoms with Gasteiger partial charge in [-0.15, -0.1) is 0 Å². The SMILES string of the molecule is CCC(C)N1CCN(CCCNC2CCN(c3cccc(-c4cc5ccccc5[nH]4)c3)CC2)CC1. The Labute approximate surface area is 211 Å². The number of benzene rings is 2. The highest BCUT2D eigenvalue weighted by Gasteiger charge is 2.21. The van der Waals surface area contributed by atoms with Crippen LogP contribution in [0, 0.1) is 0 Å². The smallest absolute Gasteiger partial charge is 0.0465 e. The van der Waals surface area contributed by atoms with Crippen molar-refractivity contribution >= 4 is 16.6 Å². The van der Waals surface area contributed by atoms with Crippen molar-refractivity contribution in [1.82, 2.24) is 20.1 Å². The zero-order valence-electron chi connectivity index (χ0n) is 21.7. The maximum absolute atomic E-state index is 3.85. The molecule has 2 N–H and O–H groups in total. The van der Waals surface area contributed by atoms with Gasteiger partial charge < -0.3 is 20.1 Å². The van der Waals surface area contributed by atoms with Crippen molar-refractivity contribution in [1.29, 1.82) is 0 Å². The van der Waals surface area contributed by atoms with Gasteiger partial charge in [0, 0.05) is 73.6 Å². The lowest BCUT2D eigenvalue weighted by Gasteiger charge is -2.38. The Morgan fingerprint density at radius 3 is 2.51 bits per heavy atom. The van der Waals surface area contributed by atoms with Crippen LogP contribution < -0.4 is 10.2 Å². The van der Waals surface area contributed by atoms with E-state index in [9.17, 15) is 0 Å². The van der Waals surface area contributed by atoms with E-state index in [1.165, 1.54) is 86.3 Å². The molecule has 0 aliphatic carbocycles. The molecule has 2 aromatic carbocycles. The summed E-state index contributed by atoms with van der Waals surface area (Å²) in [7, 11) is 0. The third-order valence-electron chi connectivity index (χ3n) is 8.25. The van der Waals surface area contributed by atoms with E-state index in [-0.39, 0.29) is 0 Å². The molecule has 3 aromatic rings. The fourth-order valence-electron chi connectivity index (χ4n) is 5.74. The zero-order valence-corrected chi connectivity index (χ0v) is 21.7. The summed E-state index contributed by atoms with van der Waals surface area (Å²) in [5.41, 5.74) is 5.01. The number of para-hydroxylation sites is 1. The van der Waals surface area contributed by atoms with Gasteiger partial charge in [-0.1, -0.05) is 37.3 Å². The van der Waals surface area contributed by atoms with E-state index in [2.05, 4.69) is 93.4 Å². The van der Waals surface area contributed by atoms with Crippen molar-refractivity contribution in [2.75, 3.05) is 57.3 Å². The first-order valence-corrected chi connectivity index (χ1v) is 13.8. The Hall–Kier alpha value is -2.34. The molecule has 0 saturated carbocycles. The number of rotatable bonds is 9. The summed E-state index contributed by atoms with van der Waals surface area (Å²) in [6, 6.07) is 21.2. The van der Waals surface area contributed by atoms with Gasteiger partial charge in [-0.3, -0.25) is 4.90 Å². The van der Waals surface area contributed by atoms with E-state index in [4.69, 9.17) is 0 Å². The molecule has 35 heavy (non-hydrogen) atoms. The number of hydrogen-bond donors (Lipinski definition) is 2. The molecule has 5 nitrogen and oxygen atoms in total. The van der Waals surface area contributed by atoms with Gasteiger partial charge in [-0.25, -0.2) is 0 Å². The Morgan fingerprint density at radius 2 is 1.74 bits per heavy atom. The Morgan fingerprint density at radius 1 is 0.943 bits per heavy atom. The number of H-pyrrole nitrogens is 1. The fraction of sp³-hybridized carbons (Fsp3) is 0.533. The largest absolute Gasteiger partial charge is 0.371 e. The molecule has 2 aliphatic heterocycles. The van der Waals surface area contributed by atoms with E-state index in [1.54, 1.807) is 0 Å². The van der Waals surface area contributed by atoms with Crippen LogP contribution in [0.15, 0.2) is 54.6 Å². The van der Waals surface area contributed by atoms with Gasteiger partial charge >= 0.3 is 0 Å². The van der Waals surface area contributed by atoms with Gasteiger partial charge in [0.05, 0.1) is 0 Å². The van der Waals surface area contributed by atoms with Crippen LogP contribution >= 0.6 is 0 Å². The highest BCUT2D eigenvalue weighted by atomic mass is 15.3. The van der Waals surface area contributed by atoms with Gasteiger partial charge in [-0.05, 0) is 75.5 Å². The second-order valence-corrected chi connectivity index (χ2v) is 10.5. The highest BCUT2D eigenvalue weighted by molar-refractivity contribution is 5.86. The summed E-state index contributed by atoms with van der Waals surface area (Å²) in [4.78, 5) is 11.4. The van der Waals surface area contributed by atoms with Crippen molar-refractivity contribution in [3.05, 3.63) is 54.6 Å². The molecular weight excluding hydrogens is 430 g/mol. The highest BCUT2D eigenvalue weighted by Crippen LogP contribution is 2.28. The third kappa shape index (κ3) is 6.08. The molecule has 2 aliphatic rings. The zero-order chi connectivity index (χ0) is 24.0. The number of piperidine rings is 1. The second-order valence-electron chi connectivity index (χ2n) is 10.5. The molecule has 1 unspecified atom stereocenters. The van der Waals surface area contributed by atoms with E-state index in [0.29, 0.717) is 6.04 Å². The molecule has 2 fully saturated rings. The van der Waals surface area contributed by atoms with Gasteiger partial charge in [0.2, 0.25) is 0 Å². The van der Waals surface area contributed by atoms with E-state index in [0.717, 1.165) is 25.7 Å². The first-order chi connectivity index (χ1) is 17.2. The summed E-state index contributed by atoms with van der Waals surface area (Å²) in [5.74, 6) is 0. The molecule has 0 radical (unpaired) electrons. The number of hydrogen-bond acceptors (Lipinski definition) is 4. The van der Waals surface area contributed by atoms with Crippen molar-refractivity contribution < 1.29 is 0 Å². The lowest BCUT2D eigenvalue weighted by molar-refractivity contribution is 0.0997. The van der Waals surface area contributed by atoms with Crippen LogP contribution in [0.3, 0.4) is 0 Å². The molecule has 5 rings (SSSR count). The van der Waals surface area contributed by atoms with Crippen LogP contribution in [-0.2, 0) is 0 Å². The van der Waals surface area contributed by atoms with Crippen LogP contribution in [0.5, 0.6) is 0 Å². The number of nitrogens with one attached hydrogen (secondary N) is 2. The van der Waals surface area contributed by atoms with Crippen LogP contribution in [0.1, 0.15) is 39.5 Å². The Kier molecular flexibility index (Phi) is 8.07. The number of anilines is 1. The molecule has 188 valence electrons. The molecule has 0 bridgehead atoms. The maximum Gasteiger partial charge on any atom is 0.0465 e. The molecule has 2 saturated heterocycles. The minimum atomic E-state index is 0.658. The van der Waals surface area contributed by atoms with Gasteiger partial charge in [0.15, 0.2) is 0 Å². The van der Waals surface area contributed by atoms with Gasteiger partial charge in [0.25, 0.3) is 0 Å². The number of aromatic nitrogens is 1. The quantitative estimate of drug-likeness (QED) is 0.419. The first-order valence-electron chi connectivity index (χ1n) is 13.8. The van der Waals surface area contributed by atoms with Crippen LogP contribution in [-0.4, -0.2) is 79.2 Å². The molecule has 5 heteroatoms. The van der Waals surface area contributed by atoms with Crippen LogP contribution in [0.2, 0.25) is 0 Å². The Balaban J connectivity index is 1.04. The second kappa shape index (κ2) is 11.6. The first kappa shape index (κ1) is 24.4. The molecule has 0 spiro atoms. The normalized spacial score (nSPS) is 19.4. The van der Waals surface area contributed by atoms with Crippen molar-refractivity contribution in [3.63, 3.8) is 0 Å². The summed E-state index contributed by atoms with van der Waals surface area (Å²) in [6.45, 7) is 14.3. The standard InChI is InChI=1S/C30H43N5/c1-3-24(2)34-20-18-33(19-21-34)15-7-14-31-27-12-16-35(17-13-27)28-10-6-9-25(22-28)30-23-26-8-4-5-11-29(26)32-30/h4-6,8-11,22-24,27,31-32H,3,7,12-21H2,1-2H3. The Bertz CT molecular complexity index is 1030. The van der Waals surface area contributed by atoms with E-state index >= 15 is 0 Å². The maximum atomic E-state index is 3.85. The number of aromatic amines is 1. The van der Waals surface area contributed by atoms with Crippen LogP contribution in [0.4, 0.5) is 5.69 Å². The summed E-state index contributed by atoms with van der Waals surface area (Å²) < 4.78 is 0. The van der Waals surface area contributed by atoms with Gasteiger partial charge in [0.1, 0.15) is 0 Å². The predicted octanol–water partition coefficient (Wildman–Crippen LogP) is 5.20. The molecule has 0 amide bonds. The van der Waals surface area contributed by atoms with Crippen molar-refractivity contribution in [2.24, 2.45) is 0 Å². The minimum Gasteiger partial charge on any atom is -0.371 e. The molecular formula is C30H43N5. The number of piperazine rings is 1. The summed E-state index contributed by atoms with van der Waals surface area (Å²) in [6.07, 6.45) is 4.97. The minimum absolute atomic E-state index is 0.658. The third-order valence-corrected chi connectivity index (χ3v) is 8.25. The van der Waals surface area contributed by atoms with E-state index in [1.807, 2.05) is 0 Å². The summed E-state index contributed by atoms with van der Waals surface area (Å²) in [5, 5.41) is 5.12. The number of nitrogens with zero attached hydrogens (tertiary/aromatic N) is 3. The monoisotopic (exact) mass is 473 g/mol.